The molecule has 7 nitrogen and oxygen atoms in total. The lowest BCUT2D eigenvalue weighted by molar-refractivity contribution is 0.0935. The molecule has 24 heavy (non-hydrogen) atoms. The highest BCUT2D eigenvalue weighted by molar-refractivity contribution is 6.33. The van der Waals surface area contributed by atoms with Crippen molar-refractivity contribution >= 4 is 23.3 Å². The SMILES string of the molecule is CC1(C)NC(=O)c2c(Cl)cc(CCCc3cc(N)ncn3)c(=O)n21. The predicted molar refractivity (Wildman–Crippen MR) is 91.0 cm³/mol. The fraction of sp³-hybridized carbons (Fsp3) is 0.375. The Kier molecular flexibility index (Phi) is 4.04. The number of hydrogen-bond donors (Lipinski definition) is 2. The maximum absolute atomic E-state index is 12.7. The zero-order valence-corrected chi connectivity index (χ0v) is 14.2. The molecule has 0 radical (unpaired) electrons. The van der Waals surface area contributed by atoms with Crippen molar-refractivity contribution in [1.82, 2.24) is 19.9 Å². The van der Waals surface area contributed by atoms with Crippen LogP contribution in [0.15, 0.2) is 23.3 Å². The third-order valence-corrected chi connectivity index (χ3v) is 4.33. The Bertz CT molecular complexity index is 875. The van der Waals surface area contributed by atoms with Gasteiger partial charge in [0.2, 0.25) is 0 Å². The first-order chi connectivity index (χ1) is 11.3. The van der Waals surface area contributed by atoms with Crippen LogP contribution in [0.3, 0.4) is 0 Å². The van der Waals surface area contributed by atoms with Gasteiger partial charge in [-0.25, -0.2) is 9.97 Å². The van der Waals surface area contributed by atoms with Crippen LogP contribution in [0.2, 0.25) is 5.02 Å². The third-order valence-electron chi connectivity index (χ3n) is 4.05. The van der Waals surface area contributed by atoms with Gasteiger partial charge in [-0.1, -0.05) is 11.6 Å². The van der Waals surface area contributed by atoms with Gasteiger partial charge < -0.3 is 11.1 Å². The van der Waals surface area contributed by atoms with Crippen molar-refractivity contribution in [2.24, 2.45) is 0 Å². The number of nitrogens with one attached hydrogen (secondary N) is 1. The highest BCUT2D eigenvalue weighted by Gasteiger charge is 2.37. The van der Waals surface area contributed by atoms with Crippen LogP contribution >= 0.6 is 11.6 Å². The number of anilines is 1. The minimum absolute atomic E-state index is 0.194. The van der Waals surface area contributed by atoms with Gasteiger partial charge in [0.15, 0.2) is 0 Å². The van der Waals surface area contributed by atoms with Crippen LogP contribution in [-0.2, 0) is 18.5 Å². The van der Waals surface area contributed by atoms with Crippen LogP contribution in [0, 0.1) is 0 Å². The van der Waals surface area contributed by atoms with E-state index in [0.717, 1.165) is 5.69 Å². The number of aryl methyl sites for hydroxylation is 2. The van der Waals surface area contributed by atoms with Crippen molar-refractivity contribution in [2.45, 2.75) is 38.8 Å². The molecule has 8 heteroatoms. The molecule has 3 heterocycles. The van der Waals surface area contributed by atoms with Crippen LogP contribution in [0.1, 0.15) is 42.0 Å². The van der Waals surface area contributed by atoms with Gasteiger partial charge in [-0.3, -0.25) is 14.2 Å². The lowest BCUT2D eigenvalue weighted by Gasteiger charge is -2.22. The summed E-state index contributed by atoms with van der Waals surface area (Å²) >= 11 is 6.23. The summed E-state index contributed by atoms with van der Waals surface area (Å²) in [5, 5.41) is 3.06. The van der Waals surface area contributed by atoms with Crippen molar-refractivity contribution in [3.8, 4) is 0 Å². The molecule has 0 bridgehead atoms. The van der Waals surface area contributed by atoms with E-state index in [-0.39, 0.29) is 17.2 Å². The Morgan fingerprint density at radius 1 is 1.25 bits per heavy atom. The molecule has 1 aliphatic heterocycles. The van der Waals surface area contributed by atoms with Gasteiger partial charge in [-0.2, -0.15) is 0 Å². The van der Waals surface area contributed by atoms with E-state index in [1.165, 1.54) is 10.9 Å². The van der Waals surface area contributed by atoms with Gasteiger partial charge in [0.05, 0.1) is 5.02 Å². The van der Waals surface area contributed by atoms with Crippen molar-refractivity contribution in [1.29, 1.82) is 0 Å². The highest BCUT2D eigenvalue weighted by Crippen LogP contribution is 2.26. The topological polar surface area (TPSA) is 103 Å². The van der Waals surface area contributed by atoms with E-state index >= 15 is 0 Å². The number of hydrogen-bond acceptors (Lipinski definition) is 5. The van der Waals surface area contributed by atoms with Gasteiger partial charge in [0, 0.05) is 17.3 Å². The molecule has 2 aromatic heterocycles. The lowest BCUT2D eigenvalue weighted by Crippen LogP contribution is -2.42. The zero-order chi connectivity index (χ0) is 17.5. The second-order valence-corrected chi connectivity index (χ2v) is 6.71. The van der Waals surface area contributed by atoms with Crippen molar-refractivity contribution < 1.29 is 4.79 Å². The summed E-state index contributed by atoms with van der Waals surface area (Å²) in [4.78, 5) is 32.7. The van der Waals surface area contributed by atoms with Crippen molar-refractivity contribution in [3.63, 3.8) is 0 Å². The Balaban J connectivity index is 1.84. The number of pyridine rings is 1. The van der Waals surface area contributed by atoms with E-state index in [1.807, 2.05) is 0 Å². The number of fused-ring (bicyclic) bond motifs is 1. The van der Waals surface area contributed by atoms with Crippen LogP contribution < -0.4 is 16.6 Å². The van der Waals surface area contributed by atoms with Gasteiger partial charge in [-0.15, -0.1) is 0 Å². The second kappa shape index (κ2) is 5.90. The molecule has 1 aliphatic rings. The summed E-state index contributed by atoms with van der Waals surface area (Å²) in [7, 11) is 0. The Morgan fingerprint density at radius 2 is 2.00 bits per heavy atom. The average molecular weight is 348 g/mol. The Morgan fingerprint density at radius 3 is 2.71 bits per heavy atom. The molecule has 0 unspecified atom stereocenters. The van der Waals surface area contributed by atoms with E-state index in [1.54, 1.807) is 26.0 Å². The monoisotopic (exact) mass is 347 g/mol. The van der Waals surface area contributed by atoms with Gasteiger partial charge in [0.25, 0.3) is 11.5 Å². The molecule has 0 aliphatic carbocycles. The van der Waals surface area contributed by atoms with E-state index in [0.29, 0.717) is 35.7 Å². The minimum atomic E-state index is -0.787. The molecule has 0 saturated heterocycles. The molecular weight excluding hydrogens is 330 g/mol. The summed E-state index contributed by atoms with van der Waals surface area (Å²) < 4.78 is 1.44. The first kappa shape index (κ1) is 16.4. The zero-order valence-electron chi connectivity index (χ0n) is 13.5. The van der Waals surface area contributed by atoms with Crippen molar-refractivity contribution in [3.05, 3.63) is 50.8 Å². The fourth-order valence-corrected chi connectivity index (χ4v) is 3.26. The second-order valence-electron chi connectivity index (χ2n) is 6.31. The third kappa shape index (κ3) is 2.87. The number of nitrogens with two attached hydrogens (primary N) is 1. The van der Waals surface area contributed by atoms with Gasteiger partial charge in [-0.05, 0) is 39.2 Å². The summed E-state index contributed by atoms with van der Waals surface area (Å²) in [6.07, 6.45) is 3.34. The molecule has 0 spiro atoms. The molecule has 126 valence electrons. The Hall–Kier alpha value is -2.41. The fourth-order valence-electron chi connectivity index (χ4n) is 2.96. The average Bonchev–Trinajstić information content (AvgIpc) is 2.74. The van der Waals surface area contributed by atoms with Gasteiger partial charge in [0.1, 0.15) is 23.5 Å². The van der Waals surface area contributed by atoms with Crippen molar-refractivity contribution in [2.75, 3.05) is 5.73 Å². The van der Waals surface area contributed by atoms with Crippen LogP contribution in [-0.4, -0.2) is 20.4 Å². The number of carbonyl (C=O) groups excluding carboxylic acids is 1. The smallest absolute Gasteiger partial charge is 0.271 e. The predicted octanol–water partition coefficient (Wildman–Crippen LogP) is 1.49. The first-order valence-electron chi connectivity index (χ1n) is 7.63. The number of carbonyl (C=O) groups is 1. The molecular formula is C16H18ClN5O2. The maximum Gasteiger partial charge on any atom is 0.271 e. The summed E-state index contributed by atoms with van der Waals surface area (Å²) in [6.45, 7) is 3.54. The number of aromatic nitrogens is 3. The standard InChI is InChI=1S/C16H18ClN5O2/c1-16(2)21-14(23)13-11(17)6-9(15(24)22(13)16)4-3-5-10-7-12(18)20-8-19-10/h6-8H,3-5H2,1-2H3,(H,21,23)(H2,18,19,20). The normalized spacial score (nSPS) is 15.2. The number of halogens is 1. The molecule has 2 aromatic rings. The molecule has 0 saturated carbocycles. The van der Waals surface area contributed by atoms with Crippen LogP contribution in [0.25, 0.3) is 0 Å². The van der Waals surface area contributed by atoms with Gasteiger partial charge >= 0.3 is 0 Å². The number of rotatable bonds is 4. The lowest BCUT2D eigenvalue weighted by atomic mass is 10.1. The number of amides is 1. The summed E-state index contributed by atoms with van der Waals surface area (Å²) in [5.74, 6) is 0.0945. The largest absolute Gasteiger partial charge is 0.384 e. The molecule has 3 rings (SSSR count). The number of nitrogens with zero attached hydrogens (tertiary/aromatic N) is 3. The number of nitrogen functional groups attached to an aromatic ring is 1. The quantitative estimate of drug-likeness (QED) is 0.872. The molecule has 0 atom stereocenters. The van der Waals surface area contributed by atoms with Crippen LogP contribution in [0.4, 0.5) is 5.82 Å². The Labute approximate surface area is 143 Å². The molecule has 0 fully saturated rings. The molecule has 0 aromatic carbocycles. The van der Waals surface area contributed by atoms with E-state index in [2.05, 4.69) is 15.3 Å². The van der Waals surface area contributed by atoms with Crippen LogP contribution in [0.5, 0.6) is 0 Å². The molecule has 3 N–H and O–H groups in total. The minimum Gasteiger partial charge on any atom is -0.384 e. The summed E-state index contributed by atoms with van der Waals surface area (Å²) in [5.41, 5.74) is 6.27. The molecule has 1 amide bonds. The maximum atomic E-state index is 12.7. The first-order valence-corrected chi connectivity index (χ1v) is 8.01. The highest BCUT2D eigenvalue weighted by atomic mass is 35.5. The van der Waals surface area contributed by atoms with E-state index < -0.39 is 5.66 Å². The summed E-state index contributed by atoms with van der Waals surface area (Å²) in [6, 6.07) is 3.30. The van der Waals surface area contributed by atoms with E-state index in [4.69, 9.17) is 17.3 Å². The van der Waals surface area contributed by atoms with E-state index in [9.17, 15) is 9.59 Å².